The zero-order valence-electron chi connectivity index (χ0n) is 35.4. The van der Waals surface area contributed by atoms with Crippen LogP contribution in [-0.4, -0.2) is 71.6 Å². The monoisotopic (exact) mass is 883 g/mol. The predicted octanol–water partition coefficient (Wildman–Crippen LogP) is 11.5. The van der Waals surface area contributed by atoms with Crippen LogP contribution in [0.15, 0.2) is 95.0 Å². The molecule has 4 fully saturated rings. The van der Waals surface area contributed by atoms with Gasteiger partial charge in [-0.15, -0.1) is 0 Å². The lowest BCUT2D eigenvalue weighted by atomic mass is 9.59. The second-order valence-electron chi connectivity index (χ2n) is 17.9. The number of likely N-dealkylation sites (tertiary alicyclic amines) is 1. The molecule has 3 aliphatic heterocycles. The first-order valence-electron chi connectivity index (χ1n) is 22.2. The Bertz CT molecular complexity index is 2350. The lowest BCUT2D eigenvalue weighted by Gasteiger charge is -2.56. The molecular weight excluding hydrogens is 828 g/mol. The van der Waals surface area contributed by atoms with Crippen LogP contribution in [0.3, 0.4) is 0 Å². The zero-order chi connectivity index (χ0) is 42.8. The number of anilines is 2. The number of halogens is 3. The number of piperidine rings is 2. The van der Waals surface area contributed by atoms with Crippen LogP contribution in [0, 0.1) is 11.3 Å². The molecule has 4 N–H and O–H groups in total. The van der Waals surface area contributed by atoms with Crippen molar-refractivity contribution in [3.63, 3.8) is 0 Å². The lowest BCUT2D eigenvalue weighted by molar-refractivity contribution is -0.0328. The van der Waals surface area contributed by atoms with E-state index in [1.54, 1.807) is 24.4 Å². The van der Waals surface area contributed by atoms with Crippen LogP contribution < -0.4 is 25.0 Å². The molecule has 3 aromatic carbocycles. The summed E-state index contributed by atoms with van der Waals surface area (Å²) >= 11 is 0.839. The van der Waals surface area contributed by atoms with Gasteiger partial charge in [0.05, 0.1) is 11.8 Å². The number of aromatic amines is 1. The summed E-state index contributed by atoms with van der Waals surface area (Å²) in [5.41, 5.74) is 1.37. The van der Waals surface area contributed by atoms with Gasteiger partial charge in [-0.25, -0.2) is 4.98 Å². The second-order valence-corrected chi connectivity index (χ2v) is 19.9. The number of alkyl halides is 3. The smallest absolute Gasteiger partial charge is 0.446 e. The van der Waals surface area contributed by atoms with Crippen LogP contribution in [0.4, 0.5) is 24.5 Å². The highest BCUT2D eigenvalue weighted by molar-refractivity contribution is 8.00. The Hall–Kier alpha value is -4.37. The van der Waals surface area contributed by atoms with Crippen LogP contribution in [0.1, 0.15) is 98.7 Å². The number of amides is 1. The van der Waals surface area contributed by atoms with Gasteiger partial charge in [-0.05, 0) is 166 Å². The van der Waals surface area contributed by atoms with Crippen LogP contribution in [0.5, 0.6) is 11.5 Å². The maximum atomic E-state index is 13.9. The molecule has 3 saturated heterocycles. The number of fused-ring (bicyclic) bond motifs is 1. The Balaban J connectivity index is 0.878. The first kappa shape index (κ1) is 42.9. The second kappa shape index (κ2) is 18.4. The van der Waals surface area contributed by atoms with E-state index in [9.17, 15) is 18.0 Å². The topological polar surface area (TPSA) is 97.6 Å². The molecule has 1 spiro atoms. The molecule has 0 bridgehead atoms. The van der Waals surface area contributed by atoms with Gasteiger partial charge in [0.2, 0.25) is 0 Å². The lowest BCUT2D eigenvalue weighted by Crippen LogP contribution is -2.54. The number of thioether (sulfide) groups is 1. The molecule has 5 aromatic rings. The summed E-state index contributed by atoms with van der Waals surface area (Å²) in [5, 5.41) is 7.46. The van der Waals surface area contributed by atoms with E-state index in [4.69, 9.17) is 4.74 Å². The van der Waals surface area contributed by atoms with Gasteiger partial charge in [-0.1, -0.05) is 38.1 Å². The number of H-pyrrole nitrogens is 1. The van der Waals surface area contributed by atoms with Crippen molar-refractivity contribution in [3.05, 3.63) is 102 Å². The minimum Gasteiger partial charge on any atom is -0.455 e. The van der Waals surface area contributed by atoms with Crippen molar-refractivity contribution in [1.29, 1.82) is 0 Å². The number of hydrogen-bond acceptors (Lipinski definition) is 9. The molecule has 9 rings (SSSR count). The molecule has 328 valence electrons. The average molecular weight is 884 g/mol. The molecule has 0 radical (unpaired) electrons. The van der Waals surface area contributed by atoms with E-state index >= 15 is 0 Å². The fourth-order valence-corrected chi connectivity index (χ4v) is 11.6. The first-order valence-corrected chi connectivity index (χ1v) is 23.8. The Morgan fingerprint density at radius 3 is 2.58 bits per heavy atom. The largest absolute Gasteiger partial charge is 0.455 e. The minimum atomic E-state index is -4.46. The van der Waals surface area contributed by atoms with Gasteiger partial charge in [0.1, 0.15) is 17.1 Å². The molecule has 5 heterocycles. The molecule has 4 aliphatic rings. The van der Waals surface area contributed by atoms with Crippen molar-refractivity contribution in [3.8, 4) is 11.5 Å². The quantitative estimate of drug-likeness (QED) is 0.0681. The molecule has 9 nitrogen and oxygen atoms in total. The maximum absolute atomic E-state index is 13.9. The Morgan fingerprint density at radius 1 is 0.984 bits per heavy atom. The minimum absolute atomic E-state index is 0.0695. The number of ether oxygens (including phenoxy) is 1. The van der Waals surface area contributed by atoms with Crippen LogP contribution in [-0.2, 0) is 0 Å². The number of rotatable bonds is 13. The fourth-order valence-electron chi connectivity index (χ4n) is 10.2. The number of nitrogens with one attached hydrogen (secondary N) is 4. The summed E-state index contributed by atoms with van der Waals surface area (Å²) in [6, 6.07) is 24.6. The van der Waals surface area contributed by atoms with E-state index in [1.165, 1.54) is 49.4 Å². The normalized spacial score (nSPS) is 19.9. The predicted molar refractivity (Wildman–Crippen MR) is 244 cm³/mol. The maximum Gasteiger partial charge on any atom is 0.446 e. The van der Waals surface area contributed by atoms with Gasteiger partial charge in [-0.2, -0.15) is 13.2 Å². The third kappa shape index (κ3) is 9.73. The summed E-state index contributed by atoms with van der Waals surface area (Å²) in [6.45, 7) is 10.1. The van der Waals surface area contributed by atoms with Crippen molar-refractivity contribution in [2.75, 3.05) is 49.5 Å². The molecular formula is C48H56F3N7O2S2. The molecule has 1 saturated carbocycles. The SMILES string of the molecule is CC(C)c1ccccc1C1CCCN1C1CC2(CCN(c3ccc(C(=O)NSc4ccc(NCC5CCNCC5)c(SC(F)(F)F)c4)c(Oc4cnc5[nH]ccc5c4)c3)CC2)C1. The van der Waals surface area contributed by atoms with Crippen molar-refractivity contribution in [1.82, 2.24) is 24.9 Å². The summed E-state index contributed by atoms with van der Waals surface area (Å²) < 4.78 is 50.4. The fraction of sp³-hybridized carbons (Fsp3) is 0.458. The third-order valence-corrected chi connectivity index (χ3v) is 15.1. The Labute approximate surface area is 370 Å². The van der Waals surface area contributed by atoms with E-state index in [-0.39, 0.29) is 16.7 Å². The van der Waals surface area contributed by atoms with Gasteiger partial charge in [-0.3, -0.25) is 14.4 Å². The molecule has 14 heteroatoms. The third-order valence-electron chi connectivity index (χ3n) is 13.6. The molecule has 2 aromatic heterocycles. The summed E-state index contributed by atoms with van der Waals surface area (Å²) in [6.07, 6.45) is 12.6. The van der Waals surface area contributed by atoms with Crippen molar-refractivity contribution in [2.24, 2.45) is 11.3 Å². The summed E-state index contributed by atoms with van der Waals surface area (Å²) in [4.78, 5) is 27.3. The molecule has 1 aliphatic carbocycles. The molecule has 1 atom stereocenters. The number of pyridine rings is 1. The zero-order valence-corrected chi connectivity index (χ0v) is 37.0. The van der Waals surface area contributed by atoms with E-state index < -0.39 is 11.4 Å². The van der Waals surface area contributed by atoms with Gasteiger partial charge in [0.15, 0.2) is 0 Å². The van der Waals surface area contributed by atoms with E-state index in [2.05, 4.69) is 73.2 Å². The Morgan fingerprint density at radius 2 is 1.79 bits per heavy atom. The van der Waals surface area contributed by atoms with Gasteiger partial charge in [0, 0.05) is 70.5 Å². The van der Waals surface area contributed by atoms with Gasteiger partial charge in [0.25, 0.3) is 5.91 Å². The van der Waals surface area contributed by atoms with E-state index in [0.29, 0.717) is 63.5 Å². The number of carbonyl (C=O) groups is 1. The highest BCUT2D eigenvalue weighted by Gasteiger charge is 2.50. The van der Waals surface area contributed by atoms with Gasteiger partial charge >= 0.3 is 5.51 Å². The van der Waals surface area contributed by atoms with Crippen LogP contribution in [0.2, 0.25) is 0 Å². The van der Waals surface area contributed by atoms with Crippen molar-refractivity contribution in [2.45, 2.75) is 98.5 Å². The summed E-state index contributed by atoms with van der Waals surface area (Å²) in [5.74, 6) is 1.37. The summed E-state index contributed by atoms with van der Waals surface area (Å²) in [7, 11) is 0. The molecule has 1 unspecified atom stereocenters. The number of carbonyl (C=O) groups excluding carboxylic acids is 1. The Kier molecular flexibility index (Phi) is 12.7. The van der Waals surface area contributed by atoms with Gasteiger partial charge < -0.3 is 25.3 Å². The van der Waals surface area contributed by atoms with Crippen LogP contribution in [0.25, 0.3) is 11.0 Å². The number of aromatic nitrogens is 2. The number of hydrogen-bond donors (Lipinski definition) is 4. The van der Waals surface area contributed by atoms with Crippen LogP contribution >= 0.6 is 23.7 Å². The highest BCUT2D eigenvalue weighted by Crippen LogP contribution is 2.54. The number of benzene rings is 3. The average Bonchev–Trinajstić information content (AvgIpc) is 3.94. The molecule has 1 amide bonds. The van der Waals surface area contributed by atoms with Crippen molar-refractivity contribution < 1.29 is 22.7 Å². The number of nitrogens with zero attached hydrogens (tertiary/aromatic N) is 3. The molecule has 62 heavy (non-hydrogen) atoms. The van der Waals surface area contributed by atoms with E-state index in [0.717, 1.165) is 80.5 Å². The first-order chi connectivity index (χ1) is 30.0. The van der Waals surface area contributed by atoms with Crippen molar-refractivity contribution >= 4 is 52.0 Å². The standard InChI is InChI=1S/C48H56F3N7O2S2/c1-31(2)38-6-3-4-7-39(38)42-8-5-21-58(42)35-27-47(28-35)16-22-57(23-17-47)34-9-11-40(43(25-34)60-36-24-33-15-20-53-45(33)55-30-36)46(59)56-62-37-10-12-41(44(26-37)61-48(49,50)51)54-29-32-13-18-52-19-14-32/h3-4,6-7,9-12,15,20,24-26,30-32,35,42,52,54H,5,8,13-14,16-19,21-23,27-29H2,1-2H3,(H,53,55)(H,56,59). The van der Waals surface area contributed by atoms with E-state index in [1.807, 2.05) is 30.5 Å². The highest BCUT2D eigenvalue weighted by atomic mass is 32.2.